The van der Waals surface area contributed by atoms with Crippen LogP contribution in [0.15, 0.2) is 48.5 Å². The Morgan fingerprint density at radius 2 is 1.78 bits per heavy atom. The van der Waals surface area contributed by atoms with E-state index in [9.17, 15) is 10.1 Å². The predicted molar refractivity (Wildman–Crippen MR) is 71.3 cm³/mol. The molecule has 4 heteroatoms. The lowest BCUT2D eigenvalue weighted by Crippen LogP contribution is -2.02. The highest BCUT2D eigenvalue weighted by Gasteiger charge is 2.05. The first kappa shape index (κ1) is 12.3. The van der Waals surface area contributed by atoms with Gasteiger partial charge in [-0.1, -0.05) is 24.3 Å². The van der Waals surface area contributed by atoms with Crippen molar-refractivity contribution in [2.24, 2.45) is 5.73 Å². The van der Waals surface area contributed by atoms with Crippen LogP contribution in [0.25, 0.3) is 11.1 Å². The summed E-state index contributed by atoms with van der Waals surface area (Å²) in [7, 11) is 0. The minimum Gasteiger partial charge on any atom is -0.330 e. The van der Waals surface area contributed by atoms with Gasteiger partial charge in [-0.3, -0.25) is 10.1 Å². The predicted octanol–water partition coefficient (Wildman–Crippen LogP) is 2.76. The first-order valence-electron chi connectivity index (χ1n) is 5.74. The summed E-state index contributed by atoms with van der Waals surface area (Å²) < 4.78 is 0. The second-order valence-electron chi connectivity index (χ2n) is 4.04. The number of nitrogens with zero attached hydrogens (tertiary/aromatic N) is 1. The van der Waals surface area contributed by atoms with Crippen molar-refractivity contribution < 1.29 is 4.92 Å². The van der Waals surface area contributed by atoms with Crippen LogP contribution in [0.1, 0.15) is 5.56 Å². The summed E-state index contributed by atoms with van der Waals surface area (Å²) in [6.07, 6.45) is 0.834. The minimum atomic E-state index is -0.394. The summed E-state index contributed by atoms with van der Waals surface area (Å²) in [5.74, 6) is 0. The Bertz CT molecular complexity index is 550. The Kier molecular flexibility index (Phi) is 3.69. The van der Waals surface area contributed by atoms with Gasteiger partial charge >= 0.3 is 0 Å². The summed E-state index contributed by atoms with van der Waals surface area (Å²) in [4.78, 5) is 10.2. The zero-order valence-corrected chi connectivity index (χ0v) is 9.87. The van der Waals surface area contributed by atoms with E-state index in [0.29, 0.717) is 6.54 Å². The summed E-state index contributed by atoms with van der Waals surface area (Å²) >= 11 is 0. The van der Waals surface area contributed by atoms with Crippen molar-refractivity contribution in [3.8, 4) is 11.1 Å². The lowest BCUT2D eigenvalue weighted by Gasteiger charge is -2.04. The molecule has 0 saturated heterocycles. The molecular formula is C14H14N2O2. The zero-order chi connectivity index (χ0) is 13.0. The molecule has 92 valence electrons. The van der Waals surface area contributed by atoms with Crippen LogP contribution in [0.2, 0.25) is 0 Å². The van der Waals surface area contributed by atoms with Crippen LogP contribution in [0, 0.1) is 10.1 Å². The molecule has 0 aliphatic carbocycles. The topological polar surface area (TPSA) is 69.2 Å². The summed E-state index contributed by atoms with van der Waals surface area (Å²) in [5.41, 5.74) is 8.83. The summed E-state index contributed by atoms with van der Waals surface area (Å²) in [5, 5.41) is 10.6. The van der Waals surface area contributed by atoms with Crippen molar-refractivity contribution in [3.05, 3.63) is 64.2 Å². The normalized spacial score (nSPS) is 10.3. The number of nitro groups is 1. The molecule has 0 heterocycles. The van der Waals surface area contributed by atoms with Crippen LogP contribution in [-0.4, -0.2) is 11.5 Å². The monoisotopic (exact) mass is 242 g/mol. The molecule has 18 heavy (non-hydrogen) atoms. The van der Waals surface area contributed by atoms with Crippen LogP contribution in [0.3, 0.4) is 0 Å². The van der Waals surface area contributed by atoms with Gasteiger partial charge in [0.15, 0.2) is 0 Å². The molecule has 0 fully saturated rings. The molecule has 2 aromatic carbocycles. The Morgan fingerprint density at radius 3 is 2.39 bits per heavy atom. The van der Waals surface area contributed by atoms with Gasteiger partial charge in [-0.05, 0) is 41.8 Å². The van der Waals surface area contributed by atoms with Gasteiger partial charge in [0.25, 0.3) is 5.69 Å². The molecule has 2 aromatic rings. The van der Waals surface area contributed by atoms with E-state index >= 15 is 0 Å². The molecule has 4 nitrogen and oxygen atoms in total. The van der Waals surface area contributed by atoms with E-state index in [0.717, 1.165) is 17.5 Å². The van der Waals surface area contributed by atoms with Crippen molar-refractivity contribution in [3.63, 3.8) is 0 Å². The van der Waals surface area contributed by atoms with Crippen LogP contribution in [-0.2, 0) is 6.42 Å². The summed E-state index contributed by atoms with van der Waals surface area (Å²) in [6.45, 7) is 0.615. The third-order valence-corrected chi connectivity index (χ3v) is 2.77. The number of rotatable bonds is 4. The van der Waals surface area contributed by atoms with E-state index in [1.807, 2.05) is 18.2 Å². The Balaban J connectivity index is 2.30. The third-order valence-electron chi connectivity index (χ3n) is 2.77. The van der Waals surface area contributed by atoms with E-state index in [2.05, 4.69) is 6.07 Å². The fourth-order valence-corrected chi connectivity index (χ4v) is 1.85. The largest absolute Gasteiger partial charge is 0.330 e. The molecule has 0 unspecified atom stereocenters. The zero-order valence-electron chi connectivity index (χ0n) is 9.87. The maximum atomic E-state index is 10.6. The smallest absolute Gasteiger partial charge is 0.269 e. The van der Waals surface area contributed by atoms with Gasteiger partial charge < -0.3 is 5.73 Å². The number of hydrogen-bond donors (Lipinski definition) is 1. The van der Waals surface area contributed by atoms with Gasteiger partial charge in [-0.25, -0.2) is 0 Å². The Labute approximate surface area is 105 Å². The lowest BCUT2D eigenvalue weighted by molar-refractivity contribution is -0.384. The average molecular weight is 242 g/mol. The molecule has 0 saturated carbocycles. The van der Waals surface area contributed by atoms with Crippen LogP contribution in [0.5, 0.6) is 0 Å². The molecule has 0 bridgehead atoms. The third kappa shape index (κ3) is 2.73. The SMILES string of the molecule is NCCc1cccc(-c2ccc([N+](=O)[O-])cc2)c1. The molecule has 0 atom stereocenters. The molecule has 0 aliphatic heterocycles. The molecule has 0 aliphatic rings. The van der Waals surface area contributed by atoms with Crippen LogP contribution >= 0.6 is 0 Å². The first-order chi connectivity index (χ1) is 8.70. The van der Waals surface area contributed by atoms with Crippen LogP contribution in [0.4, 0.5) is 5.69 Å². The van der Waals surface area contributed by atoms with Gasteiger partial charge in [0.05, 0.1) is 4.92 Å². The van der Waals surface area contributed by atoms with Crippen LogP contribution < -0.4 is 5.73 Å². The number of benzene rings is 2. The minimum absolute atomic E-state index is 0.108. The second kappa shape index (κ2) is 5.42. The van der Waals surface area contributed by atoms with Crippen molar-refractivity contribution >= 4 is 5.69 Å². The fraction of sp³-hybridized carbons (Fsp3) is 0.143. The van der Waals surface area contributed by atoms with E-state index in [4.69, 9.17) is 5.73 Å². The molecule has 0 radical (unpaired) electrons. The van der Waals surface area contributed by atoms with E-state index in [-0.39, 0.29) is 5.69 Å². The number of nitrogens with two attached hydrogens (primary N) is 1. The van der Waals surface area contributed by atoms with Crippen molar-refractivity contribution in [1.29, 1.82) is 0 Å². The van der Waals surface area contributed by atoms with E-state index in [1.54, 1.807) is 12.1 Å². The van der Waals surface area contributed by atoms with Gasteiger partial charge in [-0.2, -0.15) is 0 Å². The lowest BCUT2D eigenvalue weighted by atomic mass is 10.0. The molecular weight excluding hydrogens is 228 g/mol. The fourth-order valence-electron chi connectivity index (χ4n) is 1.85. The van der Waals surface area contributed by atoms with Gasteiger partial charge in [0.2, 0.25) is 0 Å². The highest BCUT2D eigenvalue weighted by Crippen LogP contribution is 2.23. The van der Waals surface area contributed by atoms with Crippen molar-refractivity contribution in [1.82, 2.24) is 0 Å². The number of hydrogen-bond acceptors (Lipinski definition) is 3. The average Bonchev–Trinajstić information content (AvgIpc) is 2.39. The van der Waals surface area contributed by atoms with Gasteiger partial charge in [0, 0.05) is 12.1 Å². The maximum absolute atomic E-state index is 10.6. The maximum Gasteiger partial charge on any atom is 0.269 e. The molecule has 0 amide bonds. The van der Waals surface area contributed by atoms with Crippen molar-refractivity contribution in [2.45, 2.75) is 6.42 Å². The standard InChI is InChI=1S/C14H14N2O2/c15-9-8-11-2-1-3-13(10-11)12-4-6-14(7-5-12)16(17)18/h1-7,10H,8-9,15H2. The second-order valence-corrected chi connectivity index (χ2v) is 4.04. The summed E-state index contributed by atoms with van der Waals surface area (Å²) in [6, 6.07) is 14.6. The van der Waals surface area contributed by atoms with Gasteiger partial charge in [0.1, 0.15) is 0 Å². The number of nitro benzene ring substituents is 1. The highest BCUT2D eigenvalue weighted by atomic mass is 16.6. The molecule has 0 spiro atoms. The van der Waals surface area contributed by atoms with E-state index < -0.39 is 4.92 Å². The number of non-ortho nitro benzene ring substituents is 1. The quantitative estimate of drug-likeness (QED) is 0.662. The van der Waals surface area contributed by atoms with E-state index in [1.165, 1.54) is 17.7 Å². The molecule has 2 rings (SSSR count). The molecule has 0 aromatic heterocycles. The van der Waals surface area contributed by atoms with Gasteiger partial charge in [-0.15, -0.1) is 0 Å². The highest BCUT2D eigenvalue weighted by molar-refractivity contribution is 5.65. The van der Waals surface area contributed by atoms with Crippen molar-refractivity contribution in [2.75, 3.05) is 6.54 Å². The Morgan fingerprint density at radius 1 is 1.06 bits per heavy atom. The molecule has 2 N–H and O–H groups in total. The first-order valence-corrected chi connectivity index (χ1v) is 5.74. The Hall–Kier alpha value is -2.20.